The van der Waals surface area contributed by atoms with Crippen LogP contribution in [0.2, 0.25) is 0 Å². The minimum absolute atomic E-state index is 0.0200. The summed E-state index contributed by atoms with van der Waals surface area (Å²) in [5, 5.41) is 10.0. The molecule has 0 fully saturated rings. The minimum atomic E-state index is -0.103. The summed E-state index contributed by atoms with van der Waals surface area (Å²) in [5.74, 6) is -0.103. The highest BCUT2D eigenvalue weighted by atomic mass is 16.7. The molecule has 82 valence electrons. The molecular weight excluding hydrogens is 194 g/mol. The van der Waals surface area contributed by atoms with Crippen LogP contribution in [0, 0.1) is 0 Å². The molecule has 4 heteroatoms. The van der Waals surface area contributed by atoms with Crippen molar-refractivity contribution in [1.82, 2.24) is 5.06 Å². The zero-order valence-corrected chi connectivity index (χ0v) is 8.93. The molecule has 0 aliphatic rings. The molecule has 0 atom stereocenters. The zero-order valence-electron chi connectivity index (χ0n) is 8.93. The zero-order chi connectivity index (χ0) is 11.3. The lowest BCUT2D eigenvalue weighted by molar-refractivity contribution is -0.167. The van der Waals surface area contributed by atoms with Gasteiger partial charge < -0.3 is 5.11 Å². The molecule has 4 nitrogen and oxygen atoms in total. The molecule has 1 aromatic rings. The van der Waals surface area contributed by atoms with E-state index in [1.807, 2.05) is 12.1 Å². The lowest BCUT2D eigenvalue weighted by Crippen LogP contribution is -2.26. The van der Waals surface area contributed by atoms with Gasteiger partial charge in [-0.2, -0.15) is 0 Å². The smallest absolute Gasteiger partial charge is 0.250 e. The summed E-state index contributed by atoms with van der Waals surface area (Å²) in [6.07, 6.45) is 0.302. The first-order valence-corrected chi connectivity index (χ1v) is 4.66. The molecular formula is C11H15NO3. The first kappa shape index (κ1) is 11.7. The monoisotopic (exact) mass is 209 g/mol. The lowest BCUT2D eigenvalue weighted by atomic mass is 10.1. The summed E-state index contributed by atoms with van der Waals surface area (Å²) in [4.78, 5) is 16.2. The molecule has 1 amide bonds. The van der Waals surface area contributed by atoms with E-state index < -0.39 is 0 Å². The van der Waals surface area contributed by atoms with Crippen LogP contribution in [0.15, 0.2) is 24.3 Å². The number of aliphatic hydroxyl groups excluding tert-OH is 1. The Balaban J connectivity index is 2.61. The van der Waals surface area contributed by atoms with Crippen molar-refractivity contribution in [3.8, 4) is 0 Å². The third kappa shape index (κ3) is 3.34. The Labute approximate surface area is 89.0 Å². The van der Waals surface area contributed by atoms with Gasteiger partial charge in [0.25, 0.3) is 0 Å². The second kappa shape index (κ2) is 5.48. The van der Waals surface area contributed by atoms with Gasteiger partial charge in [0.1, 0.15) is 0 Å². The minimum Gasteiger partial charge on any atom is -0.392 e. The van der Waals surface area contributed by atoms with Gasteiger partial charge >= 0.3 is 0 Å². The van der Waals surface area contributed by atoms with E-state index in [0.717, 1.165) is 11.1 Å². The fraction of sp³-hybridized carbons (Fsp3) is 0.364. The van der Waals surface area contributed by atoms with Crippen molar-refractivity contribution in [2.24, 2.45) is 0 Å². The Bertz CT molecular complexity index is 321. The maximum Gasteiger partial charge on any atom is 0.250 e. The Morgan fingerprint density at radius 1 is 1.33 bits per heavy atom. The average Bonchev–Trinajstić information content (AvgIpc) is 2.29. The molecule has 0 bridgehead atoms. The summed E-state index contributed by atoms with van der Waals surface area (Å²) in [6.45, 7) is 0.0200. The van der Waals surface area contributed by atoms with Crippen molar-refractivity contribution in [3.05, 3.63) is 35.4 Å². The van der Waals surface area contributed by atoms with Gasteiger partial charge in [0.15, 0.2) is 0 Å². The fourth-order valence-electron chi connectivity index (χ4n) is 1.15. The number of hydrogen-bond donors (Lipinski definition) is 1. The van der Waals surface area contributed by atoms with E-state index >= 15 is 0 Å². The van der Waals surface area contributed by atoms with Gasteiger partial charge in [-0.3, -0.25) is 9.63 Å². The van der Waals surface area contributed by atoms with Gasteiger partial charge in [-0.1, -0.05) is 24.3 Å². The first-order chi connectivity index (χ1) is 7.17. The third-order valence-electron chi connectivity index (χ3n) is 2.19. The van der Waals surface area contributed by atoms with Crippen LogP contribution in [0.25, 0.3) is 0 Å². The van der Waals surface area contributed by atoms with E-state index in [1.165, 1.54) is 12.2 Å². The fourth-order valence-corrected chi connectivity index (χ4v) is 1.15. The van der Waals surface area contributed by atoms with Crippen molar-refractivity contribution in [3.63, 3.8) is 0 Å². The number of hydroxylamine groups is 2. The van der Waals surface area contributed by atoms with E-state index in [1.54, 1.807) is 19.2 Å². The predicted molar refractivity (Wildman–Crippen MR) is 55.8 cm³/mol. The summed E-state index contributed by atoms with van der Waals surface area (Å²) < 4.78 is 0. The summed E-state index contributed by atoms with van der Waals surface area (Å²) >= 11 is 0. The van der Waals surface area contributed by atoms with Gasteiger partial charge in [-0.15, -0.1) is 0 Å². The van der Waals surface area contributed by atoms with Crippen LogP contribution < -0.4 is 0 Å². The lowest BCUT2D eigenvalue weighted by Gasteiger charge is -2.13. The molecule has 1 aromatic carbocycles. The molecule has 0 saturated carbocycles. The van der Waals surface area contributed by atoms with Crippen molar-refractivity contribution >= 4 is 5.91 Å². The number of likely N-dealkylation sites (N-methyl/N-ethyl adjacent to an activating group) is 1. The summed E-state index contributed by atoms with van der Waals surface area (Å²) in [7, 11) is 3.02. The molecule has 0 unspecified atom stereocenters. The summed E-state index contributed by atoms with van der Waals surface area (Å²) in [5.41, 5.74) is 1.74. The number of aliphatic hydroxyl groups is 1. The van der Waals surface area contributed by atoms with Crippen LogP contribution in [0.5, 0.6) is 0 Å². The van der Waals surface area contributed by atoms with E-state index in [2.05, 4.69) is 0 Å². The van der Waals surface area contributed by atoms with Crippen LogP contribution in [0.4, 0.5) is 0 Å². The molecule has 0 saturated heterocycles. The molecule has 0 aromatic heterocycles. The number of amides is 1. The third-order valence-corrected chi connectivity index (χ3v) is 2.19. The predicted octanol–water partition coefficient (Wildman–Crippen LogP) is 0.741. The van der Waals surface area contributed by atoms with Crippen LogP contribution in [0.3, 0.4) is 0 Å². The second-order valence-corrected chi connectivity index (χ2v) is 3.23. The van der Waals surface area contributed by atoms with Crippen LogP contribution >= 0.6 is 0 Å². The van der Waals surface area contributed by atoms with E-state index in [-0.39, 0.29) is 12.5 Å². The van der Waals surface area contributed by atoms with E-state index in [0.29, 0.717) is 6.42 Å². The van der Waals surface area contributed by atoms with Crippen LogP contribution in [0.1, 0.15) is 11.1 Å². The maximum absolute atomic E-state index is 11.4. The standard InChI is InChI=1S/C11H15NO3/c1-12(15-2)11(14)7-9-3-5-10(8-13)6-4-9/h3-6,13H,7-8H2,1-2H3. The van der Waals surface area contributed by atoms with Gasteiger partial charge in [0, 0.05) is 7.05 Å². The van der Waals surface area contributed by atoms with Crippen molar-refractivity contribution < 1.29 is 14.7 Å². The highest BCUT2D eigenvalue weighted by Gasteiger charge is 2.08. The van der Waals surface area contributed by atoms with Gasteiger partial charge in [-0.05, 0) is 11.1 Å². The highest BCUT2D eigenvalue weighted by molar-refractivity contribution is 5.77. The number of benzene rings is 1. The second-order valence-electron chi connectivity index (χ2n) is 3.23. The molecule has 1 N–H and O–H groups in total. The van der Waals surface area contributed by atoms with Crippen molar-refractivity contribution in [2.45, 2.75) is 13.0 Å². The number of hydrogen-bond acceptors (Lipinski definition) is 3. The molecule has 15 heavy (non-hydrogen) atoms. The Kier molecular flexibility index (Phi) is 4.27. The Morgan fingerprint density at radius 3 is 2.33 bits per heavy atom. The molecule has 0 radical (unpaired) electrons. The quantitative estimate of drug-likeness (QED) is 0.744. The molecule has 0 heterocycles. The number of nitrogens with zero attached hydrogens (tertiary/aromatic N) is 1. The molecule has 0 aliphatic carbocycles. The van der Waals surface area contributed by atoms with Gasteiger partial charge in [0.05, 0.1) is 20.1 Å². The number of carbonyl (C=O) groups is 1. The van der Waals surface area contributed by atoms with Crippen molar-refractivity contribution in [2.75, 3.05) is 14.2 Å². The number of rotatable bonds is 4. The molecule has 0 spiro atoms. The maximum atomic E-state index is 11.4. The molecule has 0 aliphatic heterocycles. The van der Waals surface area contributed by atoms with Crippen molar-refractivity contribution in [1.29, 1.82) is 0 Å². The largest absolute Gasteiger partial charge is 0.392 e. The average molecular weight is 209 g/mol. The Morgan fingerprint density at radius 2 is 1.87 bits per heavy atom. The normalized spacial score (nSPS) is 10.1. The summed E-state index contributed by atoms with van der Waals surface area (Å²) in [6, 6.07) is 7.25. The van der Waals surface area contributed by atoms with E-state index in [4.69, 9.17) is 9.94 Å². The SMILES string of the molecule is CON(C)C(=O)Cc1ccc(CO)cc1. The number of carbonyl (C=O) groups excluding carboxylic acids is 1. The van der Waals surface area contributed by atoms with Gasteiger partial charge in [-0.25, -0.2) is 5.06 Å². The van der Waals surface area contributed by atoms with Crippen LogP contribution in [-0.2, 0) is 22.7 Å². The van der Waals surface area contributed by atoms with Crippen LogP contribution in [-0.4, -0.2) is 30.2 Å². The Hall–Kier alpha value is -1.39. The van der Waals surface area contributed by atoms with E-state index in [9.17, 15) is 4.79 Å². The molecule has 1 rings (SSSR count). The van der Waals surface area contributed by atoms with Gasteiger partial charge in [0.2, 0.25) is 5.91 Å². The highest BCUT2D eigenvalue weighted by Crippen LogP contribution is 2.06. The first-order valence-electron chi connectivity index (χ1n) is 4.66. The topological polar surface area (TPSA) is 49.8 Å².